The van der Waals surface area contributed by atoms with Crippen molar-refractivity contribution in [3.63, 3.8) is 0 Å². The lowest BCUT2D eigenvalue weighted by atomic mass is 10.1. The lowest BCUT2D eigenvalue weighted by Gasteiger charge is -1.96. The summed E-state index contributed by atoms with van der Waals surface area (Å²) in [5, 5.41) is 0. The highest BCUT2D eigenvalue weighted by Gasteiger charge is 2.01. The van der Waals surface area contributed by atoms with Gasteiger partial charge in [-0.2, -0.15) is 0 Å². The Kier molecular flexibility index (Phi) is 2.73. The molecule has 1 aliphatic carbocycles. The largest absolute Gasteiger partial charge is 0.0655 e. The summed E-state index contributed by atoms with van der Waals surface area (Å²) < 4.78 is 0. The van der Waals surface area contributed by atoms with E-state index in [0.717, 1.165) is 6.42 Å². The van der Waals surface area contributed by atoms with Gasteiger partial charge in [-0.3, -0.25) is 0 Å². The fourth-order valence-corrected chi connectivity index (χ4v) is 1.23. The molecular formula is C10H15. The summed E-state index contributed by atoms with van der Waals surface area (Å²) in [6.45, 7) is 4.36. The van der Waals surface area contributed by atoms with Crippen LogP contribution in [-0.2, 0) is 0 Å². The molecule has 55 valence electrons. The molecule has 0 aromatic rings. The van der Waals surface area contributed by atoms with E-state index in [0.29, 0.717) is 0 Å². The molecule has 1 radical (unpaired) electrons. The van der Waals surface area contributed by atoms with Gasteiger partial charge < -0.3 is 0 Å². The van der Waals surface area contributed by atoms with Gasteiger partial charge in [-0.05, 0) is 37.8 Å². The molecule has 0 saturated heterocycles. The first-order valence-electron chi connectivity index (χ1n) is 4.10. The van der Waals surface area contributed by atoms with Crippen LogP contribution in [0, 0.1) is 6.08 Å². The lowest BCUT2D eigenvalue weighted by Crippen LogP contribution is -1.77. The van der Waals surface area contributed by atoms with Crippen LogP contribution in [0.15, 0.2) is 17.2 Å². The van der Waals surface area contributed by atoms with Crippen LogP contribution < -0.4 is 0 Å². The van der Waals surface area contributed by atoms with E-state index in [2.05, 4.69) is 26.0 Å². The number of allylic oxidation sites excluding steroid dienone is 4. The minimum Gasteiger partial charge on any atom is -0.0655 e. The molecule has 0 spiro atoms. The zero-order valence-electron chi connectivity index (χ0n) is 6.91. The fourth-order valence-electron chi connectivity index (χ4n) is 1.23. The van der Waals surface area contributed by atoms with Gasteiger partial charge in [-0.25, -0.2) is 0 Å². The highest BCUT2D eigenvalue weighted by Crippen LogP contribution is 2.20. The number of hydrogen-bond donors (Lipinski definition) is 0. The molecule has 0 aliphatic heterocycles. The van der Waals surface area contributed by atoms with Crippen molar-refractivity contribution in [1.82, 2.24) is 0 Å². The number of unbranched alkanes of at least 4 members (excludes halogenated alkanes) is 1. The van der Waals surface area contributed by atoms with Gasteiger partial charge in [-0.15, -0.1) is 0 Å². The highest BCUT2D eigenvalue weighted by atomic mass is 14.1. The molecule has 0 saturated carbocycles. The Morgan fingerprint density at radius 2 is 2.40 bits per heavy atom. The van der Waals surface area contributed by atoms with E-state index in [4.69, 9.17) is 0 Å². The van der Waals surface area contributed by atoms with Crippen LogP contribution in [0.1, 0.15) is 39.5 Å². The Hall–Kier alpha value is -0.520. The highest BCUT2D eigenvalue weighted by molar-refractivity contribution is 5.27. The van der Waals surface area contributed by atoms with E-state index in [9.17, 15) is 0 Å². The predicted molar refractivity (Wildman–Crippen MR) is 44.7 cm³/mol. The predicted octanol–water partition coefficient (Wildman–Crippen LogP) is 3.26. The molecule has 10 heavy (non-hydrogen) atoms. The summed E-state index contributed by atoms with van der Waals surface area (Å²) in [4.78, 5) is 0. The van der Waals surface area contributed by atoms with E-state index < -0.39 is 0 Å². The van der Waals surface area contributed by atoms with Crippen LogP contribution in [0.2, 0.25) is 0 Å². The molecule has 0 fully saturated rings. The van der Waals surface area contributed by atoms with Crippen LogP contribution in [0.5, 0.6) is 0 Å². The van der Waals surface area contributed by atoms with E-state index in [1.165, 1.54) is 24.8 Å². The molecule has 0 aromatic heterocycles. The third-order valence-corrected chi connectivity index (χ3v) is 1.87. The van der Waals surface area contributed by atoms with Crippen molar-refractivity contribution in [2.24, 2.45) is 0 Å². The van der Waals surface area contributed by atoms with Crippen LogP contribution in [-0.4, -0.2) is 0 Å². The molecule has 0 atom stereocenters. The molecule has 0 unspecified atom stereocenters. The Bertz CT molecular complexity index is 161. The Balaban J connectivity index is 2.27. The third-order valence-electron chi connectivity index (χ3n) is 1.87. The van der Waals surface area contributed by atoms with Crippen molar-refractivity contribution < 1.29 is 0 Å². The van der Waals surface area contributed by atoms with Crippen molar-refractivity contribution in [2.45, 2.75) is 39.5 Å². The summed E-state index contributed by atoms with van der Waals surface area (Å²) in [5.41, 5.74) is 2.89. The second kappa shape index (κ2) is 3.60. The summed E-state index contributed by atoms with van der Waals surface area (Å²) in [7, 11) is 0. The van der Waals surface area contributed by atoms with Gasteiger partial charge in [-0.1, -0.05) is 25.0 Å². The minimum atomic E-state index is 1.09. The molecule has 0 amide bonds. The van der Waals surface area contributed by atoms with E-state index in [-0.39, 0.29) is 0 Å². The summed E-state index contributed by atoms with van der Waals surface area (Å²) >= 11 is 0. The maximum atomic E-state index is 3.30. The van der Waals surface area contributed by atoms with Crippen LogP contribution >= 0.6 is 0 Å². The first-order chi connectivity index (χ1) is 4.83. The van der Waals surface area contributed by atoms with Crippen molar-refractivity contribution in [3.05, 3.63) is 23.3 Å². The third kappa shape index (κ3) is 2.02. The Labute approximate surface area is 63.6 Å². The maximum absolute atomic E-state index is 3.30. The van der Waals surface area contributed by atoms with E-state index >= 15 is 0 Å². The van der Waals surface area contributed by atoms with Crippen LogP contribution in [0.3, 0.4) is 0 Å². The van der Waals surface area contributed by atoms with Crippen molar-refractivity contribution >= 4 is 0 Å². The summed E-state index contributed by atoms with van der Waals surface area (Å²) in [6.07, 6.45) is 10.6. The smallest absolute Gasteiger partial charge is 0.00583 e. The molecule has 0 nitrogen and oxygen atoms in total. The van der Waals surface area contributed by atoms with Gasteiger partial charge >= 0.3 is 0 Å². The second-order valence-electron chi connectivity index (χ2n) is 2.94. The first-order valence-corrected chi connectivity index (χ1v) is 4.10. The van der Waals surface area contributed by atoms with Gasteiger partial charge in [0.15, 0.2) is 0 Å². The average Bonchev–Trinajstić information content (AvgIpc) is 2.31. The van der Waals surface area contributed by atoms with Crippen molar-refractivity contribution in [1.29, 1.82) is 0 Å². The molecule has 0 N–H and O–H groups in total. The van der Waals surface area contributed by atoms with Crippen molar-refractivity contribution in [3.8, 4) is 0 Å². The molecule has 1 rings (SSSR count). The lowest BCUT2D eigenvalue weighted by molar-refractivity contribution is 0.777. The Morgan fingerprint density at radius 1 is 1.60 bits per heavy atom. The minimum absolute atomic E-state index is 1.09. The second-order valence-corrected chi connectivity index (χ2v) is 2.94. The monoisotopic (exact) mass is 135 g/mol. The van der Waals surface area contributed by atoms with E-state index in [1.807, 2.05) is 0 Å². The maximum Gasteiger partial charge on any atom is -0.00583 e. The zero-order valence-corrected chi connectivity index (χ0v) is 6.91. The molecule has 0 heteroatoms. The van der Waals surface area contributed by atoms with Gasteiger partial charge in [0.1, 0.15) is 0 Å². The molecule has 0 aromatic carbocycles. The summed E-state index contributed by atoms with van der Waals surface area (Å²) in [5.74, 6) is 0. The zero-order chi connectivity index (χ0) is 7.40. The topological polar surface area (TPSA) is 0 Å². The van der Waals surface area contributed by atoms with Gasteiger partial charge in [0.2, 0.25) is 0 Å². The van der Waals surface area contributed by atoms with E-state index in [1.54, 1.807) is 5.57 Å². The molecular weight excluding hydrogens is 120 g/mol. The normalized spacial score (nSPS) is 17.0. The average molecular weight is 135 g/mol. The number of hydrogen-bond acceptors (Lipinski definition) is 0. The molecule has 1 aliphatic rings. The first kappa shape index (κ1) is 7.59. The summed E-state index contributed by atoms with van der Waals surface area (Å²) in [6, 6.07) is 0. The van der Waals surface area contributed by atoms with Crippen LogP contribution in [0.4, 0.5) is 0 Å². The van der Waals surface area contributed by atoms with Crippen molar-refractivity contribution in [2.75, 3.05) is 0 Å². The van der Waals surface area contributed by atoms with Gasteiger partial charge in [0.25, 0.3) is 0 Å². The fraction of sp³-hybridized carbons (Fsp3) is 0.600. The quantitative estimate of drug-likeness (QED) is 0.557. The van der Waals surface area contributed by atoms with Gasteiger partial charge in [0.05, 0.1) is 0 Å². The molecule has 0 heterocycles. The Morgan fingerprint density at radius 3 is 2.90 bits per heavy atom. The molecule has 0 bridgehead atoms. The van der Waals surface area contributed by atoms with Gasteiger partial charge in [0, 0.05) is 0 Å². The number of rotatable bonds is 3. The SMILES string of the molecule is CCCCC1=CC(C)=[C]C1. The van der Waals surface area contributed by atoms with Crippen LogP contribution in [0.25, 0.3) is 0 Å². The standard InChI is InChI=1S/C10H15/c1-3-4-5-10-7-6-9(2)8-10/h8H,3-5,7H2,1-2H3.